The van der Waals surface area contributed by atoms with Crippen LogP contribution in [0.25, 0.3) is 0 Å². The Labute approximate surface area is 161 Å². The number of carbonyl (C=O) groups is 4. The minimum Gasteiger partial charge on any atom is -0.425 e. The van der Waals surface area contributed by atoms with E-state index in [2.05, 4.69) is 42.7 Å². The Balaban J connectivity index is 2.33. The molecule has 0 saturated carbocycles. The normalized spacial score (nSPS) is 9.43. The number of hydrogen-bond acceptors (Lipinski definition) is 8. The molecule has 1 aromatic carbocycles. The zero-order valence-electron chi connectivity index (χ0n) is 15.0. The molecule has 1 rings (SSSR count). The molecule has 1 aromatic rings. The van der Waals surface area contributed by atoms with Crippen molar-refractivity contribution < 1.29 is 38.1 Å². The highest BCUT2D eigenvalue weighted by Crippen LogP contribution is 2.05. The lowest BCUT2D eigenvalue weighted by molar-refractivity contribution is -0.146. The van der Waals surface area contributed by atoms with E-state index < -0.39 is 37.7 Å². The molecule has 0 fully saturated rings. The molecule has 0 spiro atoms. The molecule has 0 aliphatic rings. The standard InChI is InChI=1S/C18H20N2O8/c1-3-15(21)25-11-27-17(23)19-9-13-6-5-7-14(8-13)10-20-18(24)28-12-26-16(22)4-2/h3-8H,1-2,9-12H2,(H,19,23)(H,20,24). The van der Waals surface area contributed by atoms with Crippen molar-refractivity contribution in [2.24, 2.45) is 0 Å². The fourth-order valence-corrected chi connectivity index (χ4v) is 1.70. The third kappa shape index (κ3) is 9.61. The number of rotatable bonds is 10. The lowest BCUT2D eigenvalue weighted by atomic mass is 10.1. The molecule has 2 N–H and O–H groups in total. The first kappa shape index (κ1) is 22.2. The Morgan fingerprint density at radius 2 is 1.21 bits per heavy atom. The first-order valence-corrected chi connectivity index (χ1v) is 7.92. The van der Waals surface area contributed by atoms with E-state index in [1.807, 2.05) is 0 Å². The second-order valence-electron chi connectivity index (χ2n) is 4.96. The summed E-state index contributed by atoms with van der Waals surface area (Å²) in [5.41, 5.74) is 1.49. The summed E-state index contributed by atoms with van der Waals surface area (Å²) in [5, 5.41) is 4.96. The van der Waals surface area contributed by atoms with Gasteiger partial charge in [0.15, 0.2) is 0 Å². The number of benzene rings is 1. The minimum absolute atomic E-state index is 0.157. The molecule has 0 bridgehead atoms. The van der Waals surface area contributed by atoms with Crippen LogP contribution in [0.1, 0.15) is 11.1 Å². The fourth-order valence-electron chi connectivity index (χ4n) is 1.70. The summed E-state index contributed by atoms with van der Waals surface area (Å²) >= 11 is 0. The molecule has 0 saturated heterocycles. The molecular formula is C18H20N2O8. The highest BCUT2D eigenvalue weighted by molar-refractivity contribution is 5.81. The largest absolute Gasteiger partial charge is 0.425 e. The van der Waals surface area contributed by atoms with Crippen molar-refractivity contribution in [3.8, 4) is 0 Å². The number of nitrogens with one attached hydrogen (secondary N) is 2. The van der Waals surface area contributed by atoms with Crippen LogP contribution in [-0.4, -0.2) is 37.7 Å². The summed E-state index contributed by atoms with van der Waals surface area (Å²) in [7, 11) is 0. The van der Waals surface area contributed by atoms with Gasteiger partial charge >= 0.3 is 24.1 Å². The monoisotopic (exact) mass is 392 g/mol. The second-order valence-corrected chi connectivity index (χ2v) is 4.96. The molecule has 0 aromatic heterocycles. The number of alkyl carbamates (subject to hydrolysis) is 2. The zero-order chi connectivity index (χ0) is 20.8. The van der Waals surface area contributed by atoms with E-state index in [0.717, 1.165) is 23.3 Å². The van der Waals surface area contributed by atoms with Gasteiger partial charge in [-0.1, -0.05) is 37.4 Å². The maximum Gasteiger partial charge on any atom is 0.410 e. The Kier molecular flexibility index (Phi) is 9.94. The van der Waals surface area contributed by atoms with E-state index >= 15 is 0 Å². The van der Waals surface area contributed by atoms with Crippen LogP contribution in [0.15, 0.2) is 49.6 Å². The van der Waals surface area contributed by atoms with Crippen molar-refractivity contribution in [1.29, 1.82) is 0 Å². The van der Waals surface area contributed by atoms with Gasteiger partial charge in [0.25, 0.3) is 0 Å². The van der Waals surface area contributed by atoms with E-state index in [1.165, 1.54) is 0 Å². The van der Waals surface area contributed by atoms with Crippen LogP contribution in [0, 0.1) is 0 Å². The van der Waals surface area contributed by atoms with E-state index in [-0.39, 0.29) is 13.1 Å². The topological polar surface area (TPSA) is 129 Å². The molecule has 0 unspecified atom stereocenters. The molecule has 0 aliphatic carbocycles. The van der Waals surface area contributed by atoms with Gasteiger partial charge in [-0.2, -0.15) is 0 Å². The van der Waals surface area contributed by atoms with Gasteiger partial charge in [-0.3, -0.25) is 0 Å². The first-order valence-electron chi connectivity index (χ1n) is 7.92. The van der Waals surface area contributed by atoms with Gasteiger partial charge in [0.05, 0.1) is 0 Å². The average Bonchev–Trinajstić information content (AvgIpc) is 2.70. The molecule has 150 valence electrons. The fraction of sp³-hybridized carbons (Fsp3) is 0.222. The van der Waals surface area contributed by atoms with Crippen LogP contribution in [0.2, 0.25) is 0 Å². The van der Waals surface area contributed by atoms with Crippen molar-refractivity contribution in [3.63, 3.8) is 0 Å². The average molecular weight is 392 g/mol. The predicted molar refractivity (Wildman–Crippen MR) is 95.4 cm³/mol. The zero-order valence-corrected chi connectivity index (χ0v) is 15.0. The van der Waals surface area contributed by atoms with Crippen molar-refractivity contribution >= 4 is 24.1 Å². The van der Waals surface area contributed by atoms with Gasteiger partial charge < -0.3 is 29.6 Å². The molecule has 0 atom stereocenters. The first-order chi connectivity index (χ1) is 13.4. The highest BCUT2D eigenvalue weighted by atomic mass is 16.7. The van der Waals surface area contributed by atoms with E-state index in [1.54, 1.807) is 24.3 Å². The lowest BCUT2D eigenvalue weighted by Crippen LogP contribution is -2.26. The van der Waals surface area contributed by atoms with E-state index in [9.17, 15) is 19.2 Å². The Morgan fingerprint density at radius 3 is 1.61 bits per heavy atom. The molecule has 0 aliphatic heterocycles. The maximum absolute atomic E-state index is 11.5. The maximum atomic E-state index is 11.5. The Hall–Kier alpha value is -3.82. The summed E-state index contributed by atoms with van der Waals surface area (Å²) in [6.45, 7) is 5.68. The number of hydrogen-bond donors (Lipinski definition) is 2. The lowest BCUT2D eigenvalue weighted by Gasteiger charge is -2.09. The summed E-state index contributed by atoms with van der Waals surface area (Å²) in [5.74, 6) is -1.41. The van der Waals surface area contributed by atoms with Crippen molar-refractivity contribution in [3.05, 3.63) is 60.7 Å². The van der Waals surface area contributed by atoms with Crippen LogP contribution in [0.3, 0.4) is 0 Å². The molecule has 0 heterocycles. The molecule has 10 heteroatoms. The Bertz CT molecular complexity index is 675. The number of amides is 2. The van der Waals surface area contributed by atoms with Crippen molar-refractivity contribution in [1.82, 2.24) is 10.6 Å². The number of ether oxygens (including phenoxy) is 4. The summed E-state index contributed by atoms with van der Waals surface area (Å²) in [6, 6.07) is 7.00. The SMILES string of the molecule is C=CC(=O)OCOC(=O)NCc1cccc(CNC(=O)OCOC(=O)C=C)c1. The summed E-state index contributed by atoms with van der Waals surface area (Å²) in [6.07, 6.45) is 0.366. The van der Waals surface area contributed by atoms with Crippen LogP contribution < -0.4 is 10.6 Å². The van der Waals surface area contributed by atoms with Crippen LogP contribution in [0.4, 0.5) is 9.59 Å². The van der Waals surface area contributed by atoms with Crippen LogP contribution in [0.5, 0.6) is 0 Å². The molecule has 28 heavy (non-hydrogen) atoms. The minimum atomic E-state index is -0.766. The smallest absolute Gasteiger partial charge is 0.410 e. The van der Waals surface area contributed by atoms with Gasteiger partial charge in [-0.25, -0.2) is 19.2 Å². The van der Waals surface area contributed by atoms with Gasteiger partial charge in [0.2, 0.25) is 13.6 Å². The van der Waals surface area contributed by atoms with Crippen molar-refractivity contribution in [2.45, 2.75) is 13.1 Å². The number of esters is 2. The third-order valence-electron chi connectivity index (χ3n) is 2.98. The van der Waals surface area contributed by atoms with Crippen LogP contribution in [-0.2, 0) is 41.6 Å². The van der Waals surface area contributed by atoms with E-state index in [0.29, 0.717) is 0 Å². The molecule has 2 amide bonds. The van der Waals surface area contributed by atoms with E-state index in [4.69, 9.17) is 0 Å². The predicted octanol–water partition coefficient (Wildman–Crippen LogP) is 1.51. The summed E-state index contributed by atoms with van der Waals surface area (Å²) in [4.78, 5) is 44.6. The molecular weight excluding hydrogens is 372 g/mol. The van der Waals surface area contributed by atoms with Gasteiger partial charge in [-0.05, 0) is 11.1 Å². The second kappa shape index (κ2) is 12.5. The van der Waals surface area contributed by atoms with Gasteiger partial charge in [0, 0.05) is 25.2 Å². The highest BCUT2D eigenvalue weighted by Gasteiger charge is 2.06. The summed E-state index contributed by atoms with van der Waals surface area (Å²) < 4.78 is 18.3. The van der Waals surface area contributed by atoms with Crippen LogP contribution >= 0.6 is 0 Å². The van der Waals surface area contributed by atoms with Gasteiger partial charge in [0.1, 0.15) is 0 Å². The quantitative estimate of drug-likeness (QED) is 0.348. The number of carbonyl (C=O) groups excluding carboxylic acids is 4. The molecule has 0 radical (unpaired) electrons. The van der Waals surface area contributed by atoms with Crippen molar-refractivity contribution in [2.75, 3.05) is 13.6 Å². The van der Waals surface area contributed by atoms with Gasteiger partial charge in [-0.15, -0.1) is 0 Å². The Morgan fingerprint density at radius 1 is 0.786 bits per heavy atom. The molecule has 10 nitrogen and oxygen atoms in total. The third-order valence-corrected chi connectivity index (χ3v) is 2.98.